The number of hydrogen-bond donors (Lipinski definition) is 2. The van der Waals surface area contributed by atoms with E-state index < -0.39 is 0 Å². The zero-order chi connectivity index (χ0) is 15.8. The molecule has 5 nitrogen and oxygen atoms in total. The van der Waals surface area contributed by atoms with E-state index in [0.29, 0.717) is 38.3 Å². The molecule has 1 aromatic heterocycles. The van der Waals surface area contributed by atoms with E-state index in [4.69, 9.17) is 5.11 Å². The smallest absolute Gasteiger partial charge is 0.223 e. The van der Waals surface area contributed by atoms with Crippen LogP contribution in [0, 0.1) is 6.92 Å². The molecule has 0 bridgehead atoms. The second-order valence-electron chi connectivity index (χ2n) is 4.95. The van der Waals surface area contributed by atoms with E-state index in [-0.39, 0.29) is 17.8 Å². The van der Waals surface area contributed by atoms with Crippen LogP contribution in [0.3, 0.4) is 0 Å². The van der Waals surface area contributed by atoms with Gasteiger partial charge in [0.25, 0.3) is 0 Å². The SMILES string of the molecule is C=CCN(CC=C)Cc1c(O)c(=O)cc(C)n1CCCO. The van der Waals surface area contributed by atoms with Crippen molar-refractivity contribution in [1.29, 1.82) is 0 Å². The Morgan fingerprint density at radius 1 is 1.33 bits per heavy atom. The number of hydrogen-bond acceptors (Lipinski definition) is 4. The summed E-state index contributed by atoms with van der Waals surface area (Å²) in [6.07, 6.45) is 4.11. The van der Waals surface area contributed by atoms with Crippen molar-refractivity contribution in [2.24, 2.45) is 0 Å². The molecule has 0 aliphatic carbocycles. The van der Waals surface area contributed by atoms with Gasteiger partial charge < -0.3 is 14.8 Å². The maximum Gasteiger partial charge on any atom is 0.223 e. The van der Waals surface area contributed by atoms with Crippen molar-refractivity contribution in [1.82, 2.24) is 9.47 Å². The minimum Gasteiger partial charge on any atom is -0.503 e. The number of pyridine rings is 1. The number of aryl methyl sites for hydroxylation is 1. The molecular formula is C16H24N2O3. The van der Waals surface area contributed by atoms with Gasteiger partial charge >= 0.3 is 0 Å². The summed E-state index contributed by atoms with van der Waals surface area (Å²) in [5.74, 6) is -0.225. The van der Waals surface area contributed by atoms with Gasteiger partial charge in [-0.2, -0.15) is 0 Å². The first-order valence-electron chi connectivity index (χ1n) is 7.02. The molecule has 1 rings (SSSR count). The molecule has 5 heteroatoms. The highest BCUT2D eigenvalue weighted by atomic mass is 16.3. The normalized spacial score (nSPS) is 10.8. The van der Waals surface area contributed by atoms with Gasteiger partial charge in [-0.05, 0) is 13.3 Å². The largest absolute Gasteiger partial charge is 0.503 e. The van der Waals surface area contributed by atoms with Crippen molar-refractivity contribution < 1.29 is 10.2 Å². The van der Waals surface area contributed by atoms with Crippen LogP contribution in [-0.2, 0) is 13.1 Å². The van der Waals surface area contributed by atoms with Crippen LogP contribution in [0.5, 0.6) is 5.75 Å². The number of rotatable bonds is 9. The van der Waals surface area contributed by atoms with E-state index in [1.807, 2.05) is 16.4 Å². The second-order valence-corrected chi connectivity index (χ2v) is 4.95. The molecule has 0 radical (unpaired) electrons. The summed E-state index contributed by atoms with van der Waals surface area (Å²) in [7, 11) is 0. The van der Waals surface area contributed by atoms with Gasteiger partial charge in [-0.3, -0.25) is 9.69 Å². The molecule has 0 atom stereocenters. The number of aliphatic hydroxyl groups excluding tert-OH is 1. The molecule has 0 saturated heterocycles. The molecule has 1 heterocycles. The van der Waals surface area contributed by atoms with E-state index in [1.54, 1.807) is 12.2 Å². The Hall–Kier alpha value is -1.85. The van der Waals surface area contributed by atoms with E-state index in [2.05, 4.69) is 13.2 Å². The van der Waals surface area contributed by atoms with Gasteiger partial charge in [-0.15, -0.1) is 13.2 Å². The van der Waals surface area contributed by atoms with Crippen LogP contribution in [0.2, 0.25) is 0 Å². The van der Waals surface area contributed by atoms with Crippen LogP contribution in [0.1, 0.15) is 17.8 Å². The highest BCUT2D eigenvalue weighted by molar-refractivity contribution is 5.30. The Morgan fingerprint density at radius 2 is 1.95 bits per heavy atom. The third kappa shape index (κ3) is 4.58. The van der Waals surface area contributed by atoms with Crippen LogP contribution >= 0.6 is 0 Å². The molecule has 0 aliphatic heterocycles. The molecular weight excluding hydrogens is 268 g/mol. The highest BCUT2D eigenvalue weighted by Gasteiger charge is 2.15. The highest BCUT2D eigenvalue weighted by Crippen LogP contribution is 2.17. The van der Waals surface area contributed by atoms with E-state index in [0.717, 1.165) is 5.69 Å². The van der Waals surface area contributed by atoms with Crippen LogP contribution in [0.4, 0.5) is 0 Å². The number of aromatic hydroxyl groups is 1. The maximum absolute atomic E-state index is 11.8. The summed E-state index contributed by atoms with van der Waals surface area (Å²) in [6, 6.07) is 1.42. The molecule has 2 N–H and O–H groups in total. The fourth-order valence-corrected chi connectivity index (χ4v) is 2.30. The van der Waals surface area contributed by atoms with Gasteiger partial charge in [-0.25, -0.2) is 0 Å². The van der Waals surface area contributed by atoms with Crippen LogP contribution in [0.15, 0.2) is 36.2 Å². The quantitative estimate of drug-likeness (QED) is 0.676. The van der Waals surface area contributed by atoms with Crippen molar-refractivity contribution in [3.05, 3.63) is 53.0 Å². The molecule has 0 aromatic carbocycles. The summed E-state index contributed by atoms with van der Waals surface area (Å²) >= 11 is 0. The van der Waals surface area contributed by atoms with Crippen LogP contribution < -0.4 is 5.43 Å². The molecule has 0 unspecified atom stereocenters. The third-order valence-electron chi connectivity index (χ3n) is 3.29. The lowest BCUT2D eigenvalue weighted by Crippen LogP contribution is -2.28. The number of aromatic nitrogens is 1. The zero-order valence-electron chi connectivity index (χ0n) is 12.6. The minimum absolute atomic E-state index is 0.0643. The van der Waals surface area contributed by atoms with Crippen molar-refractivity contribution in [2.75, 3.05) is 19.7 Å². The average Bonchev–Trinajstić information content (AvgIpc) is 2.44. The molecule has 0 amide bonds. The Balaban J connectivity index is 3.19. The Labute approximate surface area is 125 Å². The molecule has 0 aliphatic rings. The summed E-state index contributed by atoms with van der Waals surface area (Å²) in [5, 5.41) is 19.1. The summed E-state index contributed by atoms with van der Waals surface area (Å²) in [4.78, 5) is 13.8. The predicted molar refractivity (Wildman–Crippen MR) is 84.5 cm³/mol. The van der Waals surface area contributed by atoms with Gasteiger partial charge in [0.2, 0.25) is 5.43 Å². The van der Waals surface area contributed by atoms with Crippen molar-refractivity contribution in [3.8, 4) is 5.75 Å². The monoisotopic (exact) mass is 292 g/mol. The average molecular weight is 292 g/mol. The third-order valence-corrected chi connectivity index (χ3v) is 3.29. The Kier molecular flexibility index (Phi) is 6.91. The van der Waals surface area contributed by atoms with Crippen molar-refractivity contribution >= 4 is 0 Å². The minimum atomic E-state index is -0.375. The first-order chi connectivity index (χ1) is 10.0. The van der Waals surface area contributed by atoms with Gasteiger partial charge in [0, 0.05) is 44.5 Å². The zero-order valence-corrected chi connectivity index (χ0v) is 12.6. The number of nitrogens with zero attached hydrogens (tertiary/aromatic N) is 2. The molecule has 1 aromatic rings. The first-order valence-corrected chi connectivity index (χ1v) is 7.02. The van der Waals surface area contributed by atoms with E-state index in [9.17, 15) is 9.90 Å². The van der Waals surface area contributed by atoms with Crippen LogP contribution in [0.25, 0.3) is 0 Å². The standard InChI is InChI=1S/C16H24N2O3/c1-4-7-17(8-5-2)12-14-16(21)15(20)11-13(3)18(14)9-6-10-19/h4-5,11,19,21H,1-2,6-10,12H2,3H3. The van der Waals surface area contributed by atoms with Crippen molar-refractivity contribution in [2.45, 2.75) is 26.4 Å². The molecule has 0 saturated carbocycles. The Bertz CT molecular complexity index is 539. The van der Waals surface area contributed by atoms with Crippen LogP contribution in [-0.4, -0.2) is 39.4 Å². The number of aliphatic hydroxyl groups is 1. The second kappa shape index (κ2) is 8.44. The Morgan fingerprint density at radius 3 is 2.48 bits per heavy atom. The molecule has 0 spiro atoms. The maximum atomic E-state index is 11.8. The van der Waals surface area contributed by atoms with Gasteiger partial charge in [-0.1, -0.05) is 12.2 Å². The molecule has 0 fully saturated rings. The summed E-state index contributed by atoms with van der Waals surface area (Å²) in [5.41, 5.74) is 0.968. The summed E-state index contributed by atoms with van der Waals surface area (Å²) < 4.78 is 1.88. The topological polar surface area (TPSA) is 65.7 Å². The first kappa shape index (κ1) is 17.2. The molecule has 21 heavy (non-hydrogen) atoms. The lowest BCUT2D eigenvalue weighted by molar-refractivity contribution is 0.271. The fourth-order valence-electron chi connectivity index (χ4n) is 2.30. The van der Waals surface area contributed by atoms with Gasteiger partial charge in [0.05, 0.1) is 5.69 Å². The van der Waals surface area contributed by atoms with Gasteiger partial charge in [0.15, 0.2) is 5.75 Å². The van der Waals surface area contributed by atoms with E-state index >= 15 is 0 Å². The fraction of sp³-hybridized carbons (Fsp3) is 0.438. The van der Waals surface area contributed by atoms with E-state index in [1.165, 1.54) is 6.07 Å². The van der Waals surface area contributed by atoms with Crippen molar-refractivity contribution in [3.63, 3.8) is 0 Å². The summed E-state index contributed by atoms with van der Waals surface area (Å²) in [6.45, 7) is 11.6. The molecule has 116 valence electrons. The van der Waals surface area contributed by atoms with Gasteiger partial charge in [0.1, 0.15) is 0 Å². The lowest BCUT2D eigenvalue weighted by atomic mass is 10.2. The predicted octanol–water partition coefficient (Wildman–Crippen LogP) is 1.42. The lowest BCUT2D eigenvalue weighted by Gasteiger charge is -2.24.